The SMILES string of the molecule is CC(c1ccccc1)N1CCN(C(=S)Nc2ccc(C(=O)O)c(Cl)c2)CC1. The molecular weight excluding hydrogens is 382 g/mol. The number of rotatable bonds is 4. The Kier molecular flexibility index (Phi) is 6.31. The molecule has 27 heavy (non-hydrogen) atoms. The molecule has 0 radical (unpaired) electrons. The van der Waals surface area contributed by atoms with Crippen LogP contribution in [0.25, 0.3) is 0 Å². The summed E-state index contributed by atoms with van der Waals surface area (Å²) in [7, 11) is 0. The number of halogens is 1. The number of carbonyl (C=O) groups is 1. The molecule has 2 N–H and O–H groups in total. The van der Waals surface area contributed by atoms with Crippen LogP contribution < -0.4 is 5.32 Å². The van der Waals surface area contributed by atoms with E-state index in [1.807, 2.05) is 6.07 Å². The molecule has 142 valence electrons. The molecule has 0 aliphatic carbocycles. The molecule has 7 heteroatoms. The number of anilines is 1. The lowest BCUT2D eigenvalue weighted by atomic mass is 10.1. The van der Waals surface area contributed by atoms with Crippen LogP contribution in [0.1, 0.15) is 28.9 Å². The van der Waals surface area contributed by atoms with Gasteiger partial charge in [0, 0.05) is 37.9 Å². The first-order valence-electron chi connectivity index (χ1n) is 8.83. The van der Waals surface area contributed by atoms with Crippen molar-refractivity contribution >= 4 is 40.6 Å². The summed E-state index contributed by atoms with van der Waals surface area (Å²) < 4.78 is 0. The third-order valence-corrected chi connectivity index (χ3v) is 5.55. The number of hydrogen-bond acceptors (Lipinski definition) is 3. The standard InChI is InChI=1S/C20H22ClN3O2S/c1-14(15-5-3-2-4-6-15)23-9-11-24(12-10-23)20(27)22-16-7-8-17(19(25)26)18(21)13-16/h2-8,13-14H,9-12H2,1H3,(H,22,27)(H,25,26). The van der Waals surface area contributed by atoms with Gasteiger partial charge in [0.15, 0.2) is 5.11 Å². The highest BCUT2D eigenvalue weighted by molar-refractivity contribution is 7.80. The minimum absolute atomic E-state index is 0.0802. The summed E-state index contributed by atoms with van der Waals surface area (Å²) in [6.07, 6.45) is 0. The number of thiocarbonyl (C=S) groups is 1. The maximum atomic E-state index is 11.0. The highest BCUT2D eigenvalue weighted by atomic mass is 35.5. The average Bonchev–Trinajstić information content (AvgIpc) is 2.68. The predicted molar refractivity (Wildman–Crippen MR) is 113 cm³/mol. The van der Waals surface area contributed by atoms with Gasteiger partial charge in [-0.3, -0.25) is 4.90 Å². The predicted octanol–water partition coefficient (Wildman–Crippen LogP) is 4.11. The van der Waals surface area contributed by atoms with Gasteiger partial charge in [0.1, 0.15) is 0 Å². The molecule has 3 rings (SSSR count). The zero-order valence-electron chi connectivity index (χ0n) is 15.1. The van der Waals surface area contributed by atoms with Crippen molar-refractivity contribution in [1.82, 2.24) is 9.80 Å². The molecule has 1 fully saturated rings. The summed E-state index contributed by atoms with van der Waals surface area (Å²) in [5.74, 6) is -1.04. The molecule has 1 aliphatic heterocycles. The third-order valence-electron chi connectivity index (χ3n) is 4.88. The molecule has 1 atom stereocenters. The van der Waals surface area contributed by atoms with Gasteiger partial charge in [0.2, 0.25) is 0 Å². The lowest BCUT2D eigenvalue weighted by Crippen LogP contribution is -2.50. The fourth-order valence-corrected chi connectivity index (χ4v) is 3.79. The van der Waals surface area contributed by atoms with E-state index in [-0.39, 0.29) is 10.6 Å². The van der Waals surface area contributed by atoms with Crippen LogP contribution in [0.5, 0.6) is 0 Å². The van der Waals surface area contributed by atoms with Crippen LogP contribution in [0.3, 0.4) is 0 Å². The zero-order valence-corrected chi connectivity index (χ0v) is 16.6. The Balaban J connectivity index is 1.56. The molecule has 0 amide bonds. The van der Waals surface area contributed by atoms with Gasteiger partial charge in [-0.15, -0.1) is 0 Å². The summed E-state index contributed by atoms with van der Waals surface area (Å²) in [6, 6.07) is 15.6. The molecule has 1 unspecified atom stereocenters. The van der Waals surface area contributed by atoms with Crippen molar-refractivity contribution in [2.45, 2.75) is 13.0 Å². The minimum Gasteiger partial charge on any atom is -0.478 e. The molecule has 0 aromatic heterocycles. The molecule has 1 saturated heterocycles. The lowest BCUT2D eigenvalue weighted by Gasteiger charge is -2.39. The molecule has 2 aromatic rings. The zero-order chi connectivity index (χ0) is 19.4. The van der Waals surface area contributed by atoms with Crippen molar-refractivity contribution in [2.75, 3.05) is 31.5 Å². The average molecular weight is 404 g/mol. The van der Waals surface area contributed by atoms with Gasteiger partial charge in [-0.25, -0.2) is 4.79 Å². The van der Waals surface area contributed by atoms with E-state index in [2.05, 4.69) is 46.3 Å². The fraction of sp³-hybridized carbons (Fsp3) is 0.300. The number of hydrogen-bond donors (Lipinski definition) is 2. The molecule has 0 spiro atoms. The number of aromatic carboxylic acids is 1. The Morgan fingerprint density at radius 3 is 2.41 bits per heavy atom. The largest absolute Gasteiger partial charge is 0.478 e. The van der Waals surface area contributed by atoms with Crippen LogP contribution in [0.15, 0.2) is 48.5 Å². The highest BCUT2D eigenvalue weighted by Gasteiger charge is 2.23. The van der Waals surface area contributed by atoms with E-state index in [0.717, 1.165) is 26.2 Å². The number of benzene rings is 2. The van der Waals surface area contributed by atoms with Crippen molar-refractivity contribution in [3.63, 3.8) is 0 Å². The molecule has 2 aromatic carbocycles. The van der Waals surface area contributed by atoms with Gasteiger partial charge >= 0.3 is 5.97 Å². The second-order valence-electron chi connectivity index (χ2n) is 6.54. The van der Waals surface area contributed by atoms with Crippen molar-refractivity contribution in [2.24, 2.45) is 0 Å². The van der Waals surface area contributed by atoms with Gasteiger partial charge in [0.25, 0.3) is 0 Å². The summed E-state index contributed by atoms with van der Waals surface area (Å²) in [6.45, 7) is 5.76. The van der Waals surface area contributed by atoms with Crippen LogP contribution in [0, 0.1) is 0 Å². The molecule has 1 aliphatic rings. The van der Waals surface area contributed by atoms with Crippen molar-refractivity contribution in [1.29, 1.82) is 0 Å². The first kappa shape index (κ1) is 19.6. The van der Waals surface area contributed by atoms with Gasteiger partial charge in [-0.05, 0) is 42.9 Å². The number of piperazine rings is 1. The minimum atomic E-state index is -1.04. The Labute approximate surface area is 169 Å². The van der Waals surface area contributed by atoms with Gasteiger partial charge in [-0.1, -0.05) is 41.9 Å². The van der Waals surface area contributed by atoms with E-state index in [4.69, 9.17) is 28.9 Å². The number of nitrogens with one attached hydrogen (secondary N) is 1. The maximum Gasteiger partial charge on any atom is 0.337 e. The van der Waals surface area contributed by atoms with Crippen molar-refractivity contribution < 1.29 is 9.90 Å². The lowest BCUT2D eigenvalue weighted by molar-refractivity contribution is 0.0697. The number of carboxylic acid groups (broad SMARTS) is 1. The molecular formula is C20H22ClN3O2S. The van der Waals surface area contributed by atoms with E-state index in [0.29, 0.717) is 16.8 Å². The fourth-order valence-electron chi connectivity index (χ4n) is 3.22. The first-order chi connectivity index (χ1) is 13.0. The van der Waals surface area contributed by atoms with Crippen LogP contribution in [-0.4, -0.2) is 52.2 Å². The van der Waals surface area contributed by atoms with Gasteiger partial charge in [0.05, 0.1) is 10.6 Å². The van der Waals surface area contributed by atoms with Crippen LogP contribution in [0.4, 0.5) is 5.69 Å². The summed E-state index contributed by atoms with van der Waals surface area (Å²) >= 11 is 11.5. The first-order valence-corrected chi connectivity index (χ1v) is 9.62. The molecule has 0 saturated carbocycles. The van der Waals surface area contributed by atoms with Crippen molar-refractivity contribution in [3.8, 4) is 0 Å². The van der Waals surface area contributed by atoms with Crippen molar-refractivity contribution in [3.05, 3.63) is 64.7 Å². The van der Waals surface area contributed by atoms with Gasteiger partial charge in [-0.2, -0.15) is 0 Å². The van der Waals surface area contributed by atoms with E-state index in [9.17, 15) is 4.79 Å². The van der Waals surface area contributed by atoms with Crippen LogP contribution in [-0.2, 0) is 0 Å². The molecule has 1 heterocycles. The maximum absolute atomic E-state index is 11.0. The monoisotopic (exact) mass is 403 g/mol. The Morgan fingerprint density at radius 1 is 1.15 bits per heavy atom. The second-order valence-corrected chi connectivity index (χ2v) is 7.33. The molecule has 0 bridgehead atoms. The topological polar surface area (TPSA) is 55.8 Å². The van der Waals surface area contributed by atoms with E-state index < -0.39 is 5.97 Å². The Hall–Kier alpha value is -2.15. The molecule has 5 nitrogen and oxygen atoms in total. The summed E-state index contributed by atoms with van der Waals surface area (Å²) in [4.78, 5) is 15.6. The quantitative estimate of drug-likeness (QED) is 0.749. The van der Waals surface area contributed by atoms with E-state index >= 15 is 0 Å². The van der Waals surface area contributed by atoms with E-state index in [1.165, 1.54) is 11.6 Å². The van der Waals surface area contributed by atoms with Crippen LogP contribution in [0.2, 0.25) is 5.02 Å². The van der Waals surface area contributed by atoms with Crippen LogP contribution >= 0.6 is 23.8 Å². The summed E-state index contributed by atoms with van der Waals surface area (Å²) in [5.41, 5.74) is 2.09. The normalized spacial score (nSPS) is 16.0. The smallest absolute Gasteiger partial charge is 0.337 e. The highest BCUT2D eigenvalue weighted by Crippen LogP contribution is 2.23. The second kappa shape index (κ2) is 8.69. The Morgan fingerprint density at radius 2 is 1.81 bits per heavy atom. The summed E-state index contributed by atoms with van der Waals surface area (Å²) in [5, 5.41) is 13.0. The third kappa shape index (κ3) is 4.77. The van der Waals surface area contributed by atoms with Gasteiger partial charge < -0.3 is 15.3 Å². The number of nitrogens with zero attached hydrogens (tertiary/aromatic N) is 2. The van der Waals surface area contributed by atoms with E-state index in [1.54, 1.807) is 12.1 Å². The number of carboxylic acids is 1. The Bertz CT molecular complexity index is 823.